The van der Waals surface area contributed by atoms with Crippen LogP contribution in [0.3, 0.4) is 0 Å². The molecule has 0 aliphatic carbocycles. The fourth-order valence-electron chi connectivity index (χ4n) is 2.30. The number of hydrogen-bond donors (Lipinski definition) is 1. The first-order chi connectivity index (χ1) is 11.9. The van der Waals surface area contributed by atoms with Crippen LogP contribution >= 0.6 is 23.2 Å². The van der Waals surface area contributed by atoms with E-state index in [2.05, 4.69) is 10.3 Å². The van der Waals surface area contributed by atoms with Crippen LogP contribution in [0.4, 0.5) is 5.69 Å². The van der Waals surface area contributed by atoms with Gasteiger partial charge in [-0.15, -0.1) is 0 Å². The van der Waals surface area contributed by atoms with Gasteiger partial charge in [-0.05, 0) is 13.0 Å². The average molecular weight is 385 g/mol. The number of carbonyl (C=O) groups is 1. The zero-order chi connectivity index (χ0) is 18.6. The average Bonchev–Trinajstić information content (AvgIpc) is 2.57. The predicted octanol–water partition coefficient (Wildman–Crippen LogP) is 3.90. The van der Waals surface area contributed by atoms with Crippen molar-refractivity contribution in [3.05, 3.63) is 39.6 Å². The fourth-order valence-corrected chi connectivity index (χ4v) is 2.96. The topological polar surface area (TPSA) is 69.7 Å². The number of ether oxygens (including phenoxy) is 3. The van der Waals surface area contributed by atoms with Crippen molar-refractivity contribution in [1.82, 2.24) is 4.98 Å². The molecular weight excluding hydrogens is 367 g/mol. The summed E-state index contributed by atoms with van der Waals surface area (Å²) in [4.78, 5) is 16.5. The van der Waals surface area contributed by atoms with Crippen molar-refractivity contribution in [2.24, 2.45) is 0 Å². The molecule has 2 rings (SSSR count). The van der Waals surface area contributed by atoms with Gasteiger partial charge < -0.3 is 19.5 Å². The molecule has 1 amide bonds. The molecule has 1 aromatic heterocycles. The standard InChI is InChI=1S/C17H18Cl2N2O4/c1-9-5-12(18)11(17(19)20-9)8-15(22)21-10-6-13(23-2)16(25-4)14(7-10)24-3/h5-7H,8H2,1-4H3,(H,21,22). The second kappa shape index (κ2) is 8.27. The van der Waals surface area contributed by atoms with Crippen LogP contribution in [0, 0.1) is 6.92 Å². The molecule has 134 valence electrons. The van der Waals surface area contributed by atoms with Crippen LogP contribution < -0.4 is 19.5 Å². The molecule has 2 aromatic rings. The van der Waals surface area contributed by atoms with E-state index in [0.29, 0.717) is 39.2 Å². The van der Waals surface area contributed by atoms with Crippen LogP contribution in [-0.4, -0.2) is 32.2 Å². The van der Waals surface area contributed by atoms with Gasteiger partial charge in [0, 0.05) is 34.1 Å². The van der Waals surface area contributed by atoms with Gasteiger partial charge in [-0.25, -0.2) is 4.98 Å². The molecule has 0 saturated heterocycles. The highest BCUT2D eigenvalue weighted by atomic mass is 35.5. The van der Waals surface area contributed by atoms with E-state index in [9.17, 15) is 4.79 Å². The van der Waals surface area contributed by atoms with Gasteiger partial charge in [0.2, 0.25) is 11.7 Å². The quantitative estimate of drug-likeness (QED) is 0.764. The molecule has 0 unspecified atom stereocenters. The summed E-state index contributed by atoms with van der Waals surface area (Å²) in [5.74, 6) is 1.01. The molecule has 6 nitrogen and oxygen atoms in total. The summed E-state index contributed by atoms with van der Waals surface area (Å²) < 4.78 is 15.8. The number of nitrogens with one attached hydrogen (secondary N) is 1. The van der Waals surface area contributed by atoms with Gasteiger partial charge in [0.15, 0.2) is 11.5 Å². The minimum absolute atomic E-state index is 0.0123. The molecule has 0 aliphatic heterocycles. The van der Waals surface area contributed by atoms with Crippen molar-refractivity contribution in [2.75, 3.05) is 26.6 Å². The van der Waals surface area contributed by atoms with Gasteiger partial charge in [0.1, 0.15) is 5.15 Å². The number of hydrogen-bond acceptors (Lipinski definition) is 5. The van der Waals surface area contributed by atoms with Gasteiger partial charge >= 0.3 is 0 Å². The Bertz CT molecular complexity index is 748. The predicted molar refractivity (Wildman–Crippen MR) is 97.4 cm³/mol. The maximum atomic E-state index is 12.4. The molecule has 0 aliphatic rings. The Hall–Kier alpha value is -2.18. The van der Waals surface area contributed by atoms with Gasteiger partial charge in [0.05, 0.1) is 27.8 Å². The summed E-state index contributed by atoms with van der Waals surface area (Å²) in [5, 5.41) is 3.37. The normalized spacial score (nSPS) is 10.3. The van der Waals surface area contributed by atoms with Crippen molar-refractivity contribution in [3.8, 4) is 17.2 Å². The molecule has 8 heteroatoms. The van der Waals surface area contributed by atoms with Crippen LogP contribution in [0.2, 0.25) is 10.2 Å². The Kier molecular flexibility index (Phi) is 6.33. The smallest absolute Gasteiger partial charge is 0.228 e. The van der Waals surface area contributed by atoms with E-state index >= 15 is 0 Å². The van der Waals surface area contributed by atoms with Gasteiger partial charge in [-0.1, -0.05) is 23.2 Å². The molecular formula is C17H18Cl2N2O4. The molecule has 1 aromatic carbocycles. The van der Waals surface area contributed by atoms with E-state index < -0.39 is 0 Å². The highest BCUT2D eigenvalue weighted by Crippen LogP contribution is 2.40. The highest BCUT2D eigenvalue weighted by molar-refractivity contribution is 6.35. The van der Waals surface area contributed by atoms with Crippen LogP contribution in [0.5, 0.6) is 17.2 Å². The van der Waals surface area contributed by atoms with Crippen molar-refractivity contribution < 1.29 is 19.0 Å². The lowest BCUT2D eigenvalue weighted by molar-refractivity contribution is -0.115. The van der Waals surface area contributed by atoms with Crippen molar-refractivity contribution in [1.29, 1.82) is 0 Å². The lowest BCUT2D eigenvalue weighted by Gasteiger charge is -2.15. The van der Waals surface area contributed by atoms with E-state index in [1.807, 2.05) is 0 Å². The largest absolute Gasteiger partial charge is 0.493 e. The van der Waals surface area contributed by atoms with E-state index in [0.717, 1.165) is 0 Å². The lowest BCUT2D eigenvalue weighted by Crippen LogP contribution is -2.15. The Morgan fingerprint density at radius 3 is 2.16 bits per heavy atom. The Morgan fingerprint density at radius 2 is 1.68 bits per heavy atom. The number of aryl methyl sites for hydroxylation is 1. The molecule has 0 spiro atoms. The number of anilines is 1. The first-order valence-electron chi connectivity index (χ1n) is 7.31. The summed E-state index contributed by atoms with van der Waals surface area (Å²) >= 11 is 12.2. The number of rotatable bonds is 6. The molecule has 1 N–H and O–H groups in total. The van der Waals surface area contributed by atoms with Crippen molar-refractivity contribution in [3.63, 3.8) is 0 Å². The maximum Gasteiger partial charge on any atom is 0.228 e. The minimum atomic E-state index is -0.302. The first kappa shape index (κ1) is 19.1. The summed E-state index contributed by atoms with van der Waals surface area (Å²) in [6.07, 6.45) is -0.0123. The minimum Gasteiger partial charge on any atom is -0.493 e. The Labute approximate surface area is 156 Å². The van der Waals surface area contributed by atoms with E-state index in [-0.39, 0.29) is 17.5 Å². The summed E-state index contributed by atoms with van der Waals surface area (Å²) in [5.41, 5.74) is 1.65. The van der Waals surface area contributed by atoms with Crippen LogP contribution in [0.1, 0.15) is 11.3 Å². The number of carbonyl (C=O) groups excluding carboxylic acids is 1. The third kappa shape index (κ3) is 4.46. The summed E-state index contributed by atoms with van der Waals surface area (Å²) in [7, 11) is 4.51. The van der Waals surface area contributed by atoms with Crippen molar-refractivity contribution in [2.45, 2.75) is 13.3 Å². The van der Waals surface area contributed by atoms with E-state index in [1.165, 1.54) is 21.3 Å². The third-order valence-corrected chi connectivity index (χ3v) is 4.08. The molecule has 0 radical (unpaired) electrons. The first-order valence-corrected chi connectivity index (χ1v) is 8.06. The van der Waals surface area contributed by atoms with E-state index in [1.54, 1.807) is 25.1 Å². The molecule has 0 bridgehead atoms. The third-order valence-electron chi connectivity index (χ3n) is 3.43. The van der Waals surface area contributed by atoms with Crippen LogP contribution in [0.25, 0.3) is 0 Å². The fraction of sp³-hybridized carbons (Fsp3) is 0.294. The number of aromatic nitrogens is 1. The zero-order valence-electron chi connectivity index (χ0n) is 14.3. The van der Waals surface area contributed by atoms with Crippen LogP contribution in [0.15, 0.2) is 18.2 Å². The molecule has 0 saturated carbocycles. The van der Waals surface area contributed by atoms with Gasteiger partial charge in [-0.2, -0.15) is 0 Å². The Balaban J connectivity index is 2.24. The lowest BCUT2D eigenvalue weighted by atomic mass is 10.1. The monoisotopic (exact) mass is 384 g/mol. The highest BCUT2D eigenvalue weighted by Gasteiger charge is 2.17. The SMILES string of the molecule is COc1cc(NC(=O)Cc2c(Cl)cc(C)nc2Cl)cc(OC)c1OC. The number of pyridine rings is 1. The molecule has 25 heavy (non-hydrogen) atoms. The number of amides is 1. The number of methoxy groups -OCH3 is 3. The molecule has 0 atom stereocenters. The summed E-state index contributed by atoms with van der Waals surface area (Å²) in [6.45, 7) is 1.78. The summed E-state index contributed by atoms with van der Waals surface area (Å²) in [6, 6.07) is 4.93. The zero-order valence-corrected chi connectivity index (χ0v) is 15.8. The molecule has 0 fully saturated rings. The number of benzene rings is 1. The van der Waals surface area contributed by atoms with Crippen molar-refractivity contribution >= 4 is 34.8 Å². The Morgan fingerprint density at radius 1 is 1.08 bits per heavy atom. The maximum absolute atomic E-state index is 12.4. The molecule has 1 heterocycles. The van der Waals surface area contributed by atoms with Gasteiger partial charge in [-0.3, -0.25) is 4.79 Å². The van der Waals surface area contributed by atoms with Gasteiger partial charge in [0.25, 0.3) is 0 Å². The number of halogens is 2. The number of nitrogens with zero attached hydrogens (tertiary/aromatic N) is 1. The van der Waals surface area contributed by atoms with Crippen LogP contribution in [-0.2, 0) is 11.2 Å². The second-order valence-corrected chi connectivity index (χ2v) is 5.92. The second-order valence-electron chi connectivity index (χ2n) is 5.15. The van der Waals surface area contributed by atoms with E-state index in [4.69, 9.17) is 37.4 Å².